The van der Waals surface area contributed by atoms with Gasteiger partial charge in [0.15, 0.2) is 10.4 Å². The smallest absolute Gasteiger partial charge is 0.310 e. The van der Waals surface area contributed by atoms with Gasteiger partial charge in [-0.15, -0.1) is 0 Å². The van der Waals surface area contributed by atoms with Gasteiger partial charge >= 0.3 is 5.97 Å². The summed E-state index contributed by atoms with van der Waals surface area (Å²) >= 11 is 3.18. The second kappa shape index (κ2) is 9.54. The monoisotopic (exact) mass is 450 g/mol. The average molecular weight is 451 g/mol. The van der Waals surface area contributed by atoms with E-state index in [-0.39, 0.29) is 30.1 Å². The van der Waals surface area contributed by atoms with Crippen LogP contribution in [0.15, 0.2) is 45.5 Å². The van der Waals surface area contributed by atoms with E-state index in [0.717, 1.165) is 0 Å². The SMILES string of the molecule is CCN(CC(C)C(=O)OC)C(=O)c1ccccc1N(C)C(=O)c1ccc(Br)o1. The van der Waals surface area contributed by atoms with Gasteiger partial charge in [0.1, 0.15) is 0 Å². The molecule has 0 fully saturated rings. The van der Waals surface area contributed by atoms with Gasteiger partial charge in [-0.1, -0.05) is 19.1 Å². The van der Waals surface area contributed by atoms with Crippen LogP contribution in [0.5, 0.6) is 0 Å². The van der Waals surface area contributed by atoms with Gasteiger partial charge in [-0.05, 0) is 47.1 Å². The lowest BCUT2D eigenvalue weighted by atomic mass is 10.1. The van der Waals surface area contributed by atoms with Gasteiger partial charge in [0.2, 0.25) is 0 Å². The van der Waals surface area contributed by atoms with E-state index in [2.05, 4.69) is 15.9 Å². The lowest BCUT2D eigenvalue weighted by Gasteiger charge is -2.26. The van der Waals surface area contributed by atoms with E-state index in [1.54, 1.807) is 55.3 Å². The molecule has 2 rings (SSSR count). The van der Waals surface area contributed by atoms with Crippen LogP contribution in [0.4, 0.5) is 5.69 Å². The third kappa shape index (κ3) is 4.81. The number of nitrogens with zero attached hydrogens (tertiary/aromatic N) is 2. The number of hydrogen-bond acceptors (Lipinski definition) is 5. The number of amides is 2. The highest BCUT2D eigenvalue weighted by Gasteiger charge is 2.26. The minimum atomic E-state index is -0.458. The normalized spacial score (nSPS) is 11.6. The summed E-state index contributed by atoms with van der Waals surface area (Å²) in [6.07, 6.45) is 0. The molecule has 0 bridgehead atoms. The van der Waals surface area contributed by atoms with Crippen molar-refractivity contribution in [2.24, 2.45) is 5.92 Å². The highest BCUT2D eigenvalue weighted by Crippen LogP contribution is 2.24. The predicted molar refractivity (Wildman–Crippen MR) is 108 cm³/mol. The van der Waals surface area contributed by atoms with E-state index < -0.39 is 5.92 Å². The first-order chi connectivity index (χ1) is 13.3. The third-order valence-corrected chi connectivity index (χ3v) is 4.78. The van der Waals surface area contributed by atoms with Gasteiger partial charge in [-0.2, -0.15) is 0 Å². The molecule has 1 aromatic heterocycles. The van der Waals surface area contributed by atoms with Crippen LogP contribution in [0.25, 0.3) is 0 Å². The number of methoxy groups -OCH3 is 1. The number of hydrogen-bond donors (Lipinski definition) is 0. The molecule has 7 nitrogen and oxygen atoms in total. The number of halogens is 1. The average Bonchev–Trinajstić information content (AvgIpc) is 3.15. The van der Waals surface area contributed by atoms with Gasteiger partial charge in [0.05, 0.1) is 24.3 Å². The molecule has 0 saturated heterocycles. The highest BCUT2D eigenvalue weighted by atomic mass is 79.9. The van der Waals surface area contributed by atoms with E-state index in [1.165, 1.54) is 12.0 Å². The molecule has 1 atom stereocenters. The van der Waals surface area contributed by atoms with Crippen molar-refractivity contribution in [3.8, 4) is 0 Å². The Morgan fingerprint density at radius 2 is 1.82 bits per heavy atom. The molecule has 2 aromatic rings. The maximum Gasteiger partial charge on any atom is 0.310 e. The summed E-state index contributed by atoms with van der Waals surface area (Å²) < 4.78 is 10.5. The van der Waals surface area contributed by atoms with Crippen LogP contribution in [-0.2, 0) is 9.53 Å². The second-order valence-electron chi connectivity index (χ2n) is 6.25. The second-order valence-corrected chi connectivity index (χ2v) is 7.03. The first kappa shape index (κ1) is 21.7. The number of anilines is 1. The van der Waals surface area contributed by atoms with E-state index in [4.69, 9.17) is 9.15 Å². The number of ether oxygens (including phenoxy) is 1. The molecular weight excluding hydrogens is 428 g/mol. The van der Waals surface area contributed by atoms with Crippen LogP contribution in [0.2, 0.25) is 0 Å². The van der Waals surface area contributed by atoms with Crippen LogP contribution in [0.1, 0.15) is 34.8 Å². The van der Waals surface area contributed by atoms with Crippen molar-refractivity contribution >= 4 is 39.4 Å². The molecule has 0 aliphatic carbocycles. The van der Waals surface area contributed by atoms with Crippen molar-refractivity contribution in [2.75, 3.05) is 32.1 Å². The zero-order valence-corrected chi connectivity index (χ0v) is 17.9. The van der Waals surface area contributed by atoms with Gasteiger partial charge in [0.25, 0.3) is 11.8 Å². The molecule has 8 heteroatoms. The molecule has 28 heavy (non-hydrogen) atoms. The molecule has 0 N–H and O–H groups in total. The van der Waals surface area contributed by atoms with E-state index in [1.807, 2.05) is 6.92 Å². The molecule has 1 aromatic carbocycles. The Balaban J connectivity index is 2.29. The standard InChI is InChI=1S/C20H23BrN2O5/c1-5-23(12-13(2)20(26)27-4)18(24)14-8-6-7-9-15(14)22(3)19(25)16-10-11-17(21)28-16/h6-11,13H,5,12H2,1-4H3. The van der Waals surface area contributed by atoms with E-state index in [0.29, 0.717) is 22.5 Å². The van der Waals surface area contributed by atoms with E-state index in [9.17, 15) is 14.4 Å². The van der Waals surface area contributed by atoms with Crippen molar-refractivity contribution in [3.05, 3.63) is 52.4 Å². The Labute approximate surface area is 172 Å². The number of rotatable bonds is 7. The summed E-state index contributed by atoms with van der Waals surface area (Å²) in [6, 6.07) is 10.0. The summed E-state index contributed by atoms with van der Waals surface area (Å²) in [5.74, 6) is -1.33. The van der Waals surface area contributed by atoms with Crippen LogP contribution >= 0.6 is 15.9 Å². The van der Waals surface area contributed by atoms with Gasteiger partial charge < -0.3 is 19.0 Å². The number of para-hydroxylation sites is 1. The Morgan fingerprint density at radius 3 is 2.39 bits per heavy atom. The first-order valence-electron chi connectivity index (χ1n) is 8.79. The summed E-state index contributed by atoms with van der Waals surface area (Å²) in [6.45, 7) is 4.17. The number of furan rings is 1. The quantitative estimate of drug-likeness (QED) is 0.602. The Bertz CT molecular complexity index is 864. The third-order valence-electron chi connectivity index (χ3n) is 4.35. The molecule has 0 saturated carbocycles. The molecule has 150 valence electrons. The van der Waals surface area contributed by atoms with E-state index >= 15 is 0 Å². The molecular formula is C20H23BrN2O5. The molecule has 0 radical (unpaired) electrons. The topological polar surface area (TPSA) is 80.1 Å². The number of esters is 1. The Morgan fingerprint density at radius 1 is 1.14 bits per heavy atom. The van der Waals surface area contributed by atoms with Crippen molar-refractivity contribution in [1.82, 2.24) is 4.90 Å². The molecule has 2 amide bonds. The summed E-state index contributed by atoms with van der Waals surface area (Å²) in [5.41, 5.74) is 0.817. The predicted octanol–water partition coefficient (Wildman–Crippen LogP) is 3.59. The van der Waals surface area contributed by atoms with Crippen molar-refractivity contribution in [2.45, 2.75) is 13.8 Å². The van der Waals surface area contributed by atoms with Crippen molar-refractivity contribution < 1.29 is 23.5 Å². The minimum absolute atomic E-state index is 0.156. The van der Waals surface area contributed by atoms with Crippen molar-refractivity contribution in [3.63, 3.8) is 0 Å². The minimum Gasteiger partial charge on any atom is -0.469 e. The number of carbonyl (C=O) groups is 3. The molecule has 0 spiro atoms. The van der Waals surface area contributed by atoms with Crippen molar-refractivity contribution in [1.29, 1.82) is 0 Å². The Hall–Kier alpha value is -2.61. The molecule has 1 heterocycles. The molecule has 1 unspecified atom stereocenters. The van der Waals surface area contributed by atoms with Gasteiger partial charge in [-0.25, -0.2) is 0 Å². The fourth-order valence-electron chi connectivity index (χ4n) is 2.78. The number of benzene rings is 1. The van der Waals surface area contributed by atoms with Crippen LogP contribution < -0.4 is 4.90 Å². The van der Waals surface area contributed by atoms with Crippen LogP contribution in [0, 0.1) is 5.92 Å². The summed E-state index contributed by atoms with van der Waals surface area (Å²) in [4.78, 5) is 40.5. The maximum atomic E-state index is 13.1. The molecule has 0 aliphatic heterocycles. The fraction of sp³-hybridized carbons (Fsp3) is 0.350. The maximum absolute atomic E-state index is 13.1. The summed E-state index contributed by atoms with van der Waals surface area (Å²) in [5, 5.41) is 0. The summed E-state index contributed by atoms with van der Waals surface area (Å²) in [7, 11) is 2.90. The lowest BCUT2D eigenvalue weighted by Crippen LogP contribution is -2.38. The largest absolute Gasteiger partial charge is 0.469 e. The Kier molecular flexibility index (Phi) is 7.39. The van der Waals surface area contributed by atoms with Crippen LogP contribution in [-0.4, -0.2) is 49.9 Å². The van der Waals surface area contributed by atoms with Gasteiger partial charge in [0, 0.05) is 20.1 Å². The fourth-order valence-corrected chi connectivity index (χ4v) is 3.09. The van der Waals surface area contributed by atoms with Gasteiger partial charge in [-0.3, -0.25) is 14.4 Å². The first-order valence-corrected chi connectivity index (χ1v) is 9.58. The zero-order valence-electron chi connectivity index (χ0n) is 16.3. The number of carbonyl (C=O) groups excluding carboxylic acids is 3. The molecule has 0 aliphatic rings. The van der Waals surface area contributed by atoms with Crippen LogP contribution in [0.3, 0.4) is 0 Å². The highest BCUT2D eigenvalue weighted by molar-refractivity contribution is 9.10. The zero-order chi connectivity index (χ0) is 20.8. The lowest BCUT2D eigenvalue weighted by molar-refractivity contribution is -0.145.